The van der Waals surface area contributed by atoms with Crippen molar-refractivity contribution in [3.05, 3.63) is 29.5 Å². The summed E-state index contributed by atoms with van der Waals surface area (Å²) in [5.74, 6) is 0.339. The molecule has 0 aromatic heterocycles. The van der Waals surface area contributed by atoms with Gasteiger partial charge in [0.15, 0.2) is 16.6 Å². The van der Waals surface area contributed by atoms with Crippen LogP contribution in [0.25, 0.3) is 6.08 Å². The van der Waals surface area contributed by atoms with E-state index in [9.17, 15) is 9.90 Å². The zero-order chi connectivity index (χ0) is 15.4. The molecule has 1 aliphatic rings. The van der Waals surface area contributed by atoms with Crippen molar-refractivity contribution in [2.75, 3.05) is 13.2 Å². The van der Waals surface area contributed by atoms with Gasteiger partial charge in [-0.1, -0.05) is 13.0 Å². The van der Waals surface area contributed by atoms with Gasteiger partial charge in [0.2, 0.25) is 0 Å². The van der Waals surface area contributed by atoms with Crippen LogP contribution in [0.5, 0.6) is 11.5 Å². The van der Waals surface area contributed by atoms with E-state index in [2.05, 4.69) is 5.32 Å². The fraction of sp³-hybridized carbons (Fsp3) is 0.333. The molecule has 0 spiro atoms. The second-order valence-corrected chi connectivity index (χ2v) is 4.99. The molecule has 2 N–H and O–H groups in total. The maximum Gasteiger partial charge on any atom is 0.276 e. The van der Waals surface area contributed by atoms with Crippen LogP contribution in [-0.4, -0.2) is 34.2 Å². The highest BCUT2D eigenvalue weighted by Gasteiger charge is 2.29. The molecular weight excluding hydrogens is 288 g/mol. The topological polar surface area (TPSA) is 61.8 Å². The highest BCUT2D eigenvalue weighted by Crippen LogP contribution is 2.28. The van der Waals surface area contributed by atoms with Crippen molar-refractivity contribution in [2.24, 2.45) is 0 Å². The number of phenols is 1. The van der Waals surface area contributed by atoms with Gasteiger partial charge >= 0.3 is 0 Å². The highest BCUT2D eigenvalue weighted by atomic mass is 32.1. The maximum absolute atomic E-state index is 12.2. The molecule has 1 saturated heterocycles. The van der Waals surface area contributed by atoms with Crippen molar-refractivity contribution in [2.45, 2.75) is 20.3 Å². The van der Waals surface area contributed by atoms with Gasteiger partial charge in [0.05, 0.1) is 6.61 Å². The predicted molar refractivity (Wildman–Crippen MR) is 85.0 cm³/mol. The van der Waals surface area contributed by atoms with Crippen LogP contribution >= 0.6 is 12.2 Å². The lowest BCUT2D eigenvalue weighted by molar-refractivity contribution is -0.122. The Bertz CT molecular complexity index is 599. The van der Waals surface area contributed by atoms with Gasteiger partial charge in [0.25, 0.3) is 5.91 Å². The molecule has 0 aliphatic carbocycles. The van der Waals surface area contributed by atoms with E-state index in [4.69, 9.17) is 17.0 Å². The molecule has 0 atom stereocenters. The van der Waals surface area contributed by atoms with Gasteiger partial charge in [-0.2, -0.15) is 0 Å². The van der Waals surface area contributed by atoms with Gasteiger partial charge < -0.3 is 15.2 Å². The van der Waals surface area contributed by atoms with Crippen molar-refractivity contribution < 1.29 is 14.6 Å². The Balaban J connectivity index is 2.26. The largest absolute Gasteiger partial charge is 0.504 e. The summed E-state index contributed by atoms with van der Waals surface area (Å²) < 4.78 is 5.33. The first-order valence-electron chi connectivity index (χ1n) is 6.87. The number of ether oxygens (including phenoxy) is 1. The summed E-state index contributed by atoms with van der Waals surface area (Å²) in [5.41, 5.74) is 1.19. The zero-order valence-corrected chi connectivity index (χ0v) is 12.9. The smallest absolute Gasteiger partial charge is 0.276 e. The lowest BCUT2D eigenvalue weighted by atomic mass is 10.1. The minimum absolute atomic E-state index is 0.0767. The quantitative estimate of drug-likeness (QED) is 0.645. The van der Waals surface area contributed by atoms with Crippen LogP contribution in [-0.2, 0) is 4.79 Å². The fourth-order valence-electron chi connectivity index (χ4n) is 2.06. The lowest BCUT2D eigenvalue weighted by Crippen LogP contribution is -2.31. The Morgan fingerprint density at radius 1 is 1.43 bits per heavy atom. The second-order valence-electron chi connectivity index (χ2n) is 4.61. The van der Waals surface area contributed by atoms with Crippen molar-refractivity contribution >= 4 is 29.3 Å². The van der Waals surface area contributed by atoms with Crippen LogP contribution in [0.1, 0.15) is 25.8 Å². The molecule has 6 heteroatoms. The summed E-state index contributed by atoms with van der Waals surface area (Å²) in [6.45, 7) is 4.89. The third-order valence-electron chi connectivity index (χ3n) is 3.00. The predicted octanol–water partition coefficient (Wildman–Crippen LogP) is 2.26. The molecule has 21 heavy (non-hydrogen) atoms. The first kappa shape index (κ1) is 15.3. The van der Waals surface area contributed by atoms with Crippen molar-refractivity contribution in [3.8, 4) is 11.5 Å². The van der Waals surface area contributed by atoms with E-state index < -0.39 is 0 Å². The summed E-state index contributed by atoms with van der Waals surface area (Å²) in [6, 6.07) is 4.94. The van der Waals surface area contributed by atoms with E-state index in [0.717, 1.165) is 12.0 Å². The van der Waals surface area contributed by atoms with Gasteiger partial charge in [-0.15, -0.1) is 0 Å². The zero-order valence-electron chi connectivity index (χ0n) is 12.0. The molecule has 0 unspecified atom stereocenters. The molecule has 5 nitrogen and oxygen atoms in total. The Morgan fingerprint density at radius 3 is 2.86 bits per heavy atom. The van der Waals surface area contributed by atoms with Gasteiger partial charge in [0.1, 0.15) is 5.70 Å². The molecule has 1 aromatic carbocycles. The van der Waals surface area contributed by atoms with E-state index in [1.165, 1.54) is 0 Å². The number of aromatic hydroxyl groups is 1. The highest BCUT2D eigenvalue weighted by molar-refractivity contribution is 7.80. The van der Waals surface area contributed by atoms with Gasteiger partial charge in [-0.05, 0) is 49.3 Å². The van der Waals surface area contributed by atoms with Gasteiger partial charge in [-0.25, -0.2) is 0 Å². The number of amides is 1. The van der Waals surface area contributed by atoms with Crippen LogP contribution in [0, 0.1) is 0 Å². The lowest BCUT2D eigenvalue weighted by Gasteiger charge is -2.11. The first-order chi connectivity index (χ1) is 10.1. The number of thiocarbonyl (C=S) groups is 1. The van der Waals surface area contributed by atoms with Crippen molar-refractivity contribution in [1.82, 2.24) is 10.2 Å². The standard InChI is InChI=1S/C15H18N2O3S/c1-3-7-17-14(19)11(16-15(17)21)8-10-5-6-12(18)13(9-10)20-4-2/h5-6,8-9,18H,3-4,7H2,1-2H3,(H,16,21)/b11-8-. The number of hydrogen-bond donors (Lipinski definition) is 2. The van der Waals surface area contributed by atoms with Crippen LogP contribution in [0.3, 0.4) is 0 Å². The van der Waals surface area contributed by atoms with Crippen molar-refractivity contribution in [3.63, 3.8) is 0 Å². The monoisotopic (exact) mass is 306 g/mol. The van der Waals surface area contributed by atoms with Gasteiger partial charge in [0, 0.05) is 6.54 Å². The molecule has 1 aromatic rings. The number of hydrogen-bond acceptors (Lipinski definition) is 4. The van der Waals surface area contributed by atoms with Crippen LogP contribution in [0.4, 0.5) is 0 Å². The molecule has 2 rings (SSSR count). The molecule has 0 bridgehead atoms. The van der Waals surface area contributed by atoms with E-state index in [1.54, 1.807) is 29.2 Å². The first-order valence-corrected chi connectivity index (χ1v) is 7.28. The Labute approximate surface area is 129 Å². The van der Waals surface area contributed by atoms with Crippen LogP contribution in [0.2, 0.25) is 0 Å². The molecule has 112 valence electrons. The summed E-state index contributed by atoms with van der Waals surface area (Å²) in [4.78, 5) is 13.8. The number of phenolic OH excluding ortho intramolecular Hbond substituents is 1. The average Bonchev–Trinajstić information content (AvgIpc) is 2.71. The molecular formula is C15H18N2O3S. The Morgan fingerprint density at radius 2 is 2.19 bits per heavy atom. The molecule has 0 radical (unpaired) electrons. The van der Waals surface area contributed by atoms with Crippen LogP contribution < -0.4 is 10.1 Å². The van der Waals surface area contributed by atoms with E-state index in [1.807, 2.05) is 13.8 Å². The summed E-state index contributed by atoms with van der Waals surface area (Å²) in [6.07, 6.45) is 2.54. The number of benzene rings is 1. The summed E-state index contributed by atoms with van der Waals surface area (Å²) in [5, 5.41) is 13.0. The Kier molecular flexibility index (Phi) is 4.80. The van der Waals surface area contributed by atoms with Gasteiger partial charge in [-0.3, -0.25) is 9.69 Å². The summed E-state index contributed by atoms with van der Waals surface area (Å²) >= 11 is 5.15. The number of carbonyl (C=O) groups excluding carboxylic acids is 1. The van der Waals surface area contributed by atoms with E-state index in [-0.39, 0.29) is 11.7 Å². The van der Waals surface area contributed by atoms with E-state index in [0.29, 0.717) is 29.7 Å². The van der Waals surface area contributed by atoms with E-state index >= 15 is 0 Å². The Hall–Kier alpha value is -2.08. The molecule has 1 heterocycles. The molecule has 1 fully saturated rings. The van der Waals surface area contributed by atoms with Crippen LogP contribution in [0.15, 0.2) is 23.9 Å². The molecule has 1 aliphatic heterocycles. The average molecular weight is 306 g/mol. The number of rotatable bonds is 5. The number of nitrogens with one attached hydrogen (secondary N) is 1. The number of nitrogens with zero attached hydrogens (tertiary/aromatic N) is 1. The molecule has 0 saturated carbocycles. The normalized spacial score (nSPS) is 16.5. The molecule has 1 amide bonds. The SMILES string of the molecule is CCCN1C(=O)/C(=C/c2ccc(O)c(OCC)c2)NC1=S. The third kappa shape index (κ3) is 3.33. The minimum Gasteiger partial charge on any atom is -0.504 e. The fourth-order valence-corrected chi connectivity index (χ4v) is 2.34. The van der Waals surface area contributed by atoms with Crippen molar-refractivity contribution in [1.29, 1.82) is 0 Å². The third-order valence-corrected chi connectivity index (χ3v) is 3.33. The second kappa shape index (κ2) is 6.58. The minimum atomic E-state index is -0.132. The summed E-state index contributed by atoms with van der Waals surface area (Å²) in [7, 11) is 0. The maximum atomic E-state index is 12.2. The number of carbonyl (C=O) groups is 1.